The second kappa shape index (κ2) is 8.46. The summed E-state index contributed by atoms with van der Waals surface area (Å²) in [6.07, 6.45) is 2.56. The number of esters is 1. The summed E-state index contributed by atoms with van der Waals surface area (Å²) < 4.78 is 35.8. The molecule has 8 heteroatoms. The number of ketones is 1. The zero-order valence-electron chi connectivity index (χ0n) is 15.9. The highest BCUT2D eigenvalue weighted by molar-refractivity contribution is 7.89. The lowest BCUT2D eigenvalue weighted by Gasteiger charge is -2.15. The summed E-state index contributed by atoms with van der Waals surface area (Å²) in [5.41, 5.74) is -0.111. The Morgan fingerprint density at radius 2 is 1.81 bits per heavy atom. The number of benzene rings is 1. The first-order chi connectivity index (χ1) is 11.9. The Morgan fingerprint density at radius 3 is 2.31 bits per heavy atom. The minimum absolute atomic E-state index is 0.0107. The molecule has 0 radical (unpaired) electrons. The number of carbonyl (C=O) groups is 2. The maximum absolute atomic E-state index is 12.4. The molecule has 0 aliphatic heterocycles. The molecule has 26 heavy (non-hydrogen) atoms. The fraction of sp³-hybridized carbons (Fsp3) is 0.444. The molecular formula is C18H25NO6S. The number of hydrogen-bond donors (Lipinski definition) is 0. The maximum atomic E-state index is 12.4. The van der Waals surface area contributed by atoms with E-state index in [4.69, 9.17) is 9.47 Å². The quantitative estimate of drug-likeness (QED) is 0.529. The number of sulfonamides is 1. The third-order valence-corrected chi connectivity index (χ3v) is 5.38. The van der Waals surface area contributed by atoms with Crippen molar-refractivity contribution in [2.45, 2.75) is 25.7 Å². The van der Waals surface area contributed by atoms with Crippen molar-refractivity contribution in [1.82, 2.24) is 4.31 Å². The molecule has 0 bridgehead atoms. The average Bonchev–Trinajstić information content (AvgIpc) is 2.56. The third-order valence-electron chi connectivity index (χ3n) is 3.54. The molecule has 0 spiro atoms. The largest absolute Gasteiger partial charge is 0.495 e. The summed E-state index contributed by atoms with van der Waals surface area (Å²) in [5.74, 6) is -0.673. The lowest BCUT2D eigenvalue weighted by atomic mass is 9.91. The highest BCUT2D eigenvalue weighted by atomic mass is 32.2. The van der Waals surface area contributed by atoms with Gasteiger partial charge in [-0.15, -0.1) is 0 Å². The van der Waals surface area contributed by atoms with Gasteiger partial charge >= 0.3 is 5.97 Å². The van der Waals surface area contributed by atoms with Crippen LogP contribution in [0.25, 0.3) is 6.08 Å². The van der Waals surface area contributed by atoms with Crippen LogP contribution in [-0.2, 0) is 24.3 Å². The molecule has 0 saturated heterocycles. The first-order valence-corrected chi connectivity index (χ1v) is 9.32. The minimum Gasteiger partial charge on any atom is -0.495 e. The van der Waals surface area contributed by atoms with Crippen LogP contribution in [0.1, 0.15) is 26.3 Å². The molecule has 0 saturated carbocycles. The second-order valence-electron chi connectivity index (χ2n) is 6.81. The van der Waals surface area contributed by atoms with Gasteiger partial charge in [-0.2, -0.15) is 0 Å². The van der Waals surface area contributed by atoms with Crippen molar-refractivity contribution in [3.05, 3.63) is 29.8 Å². The van der Waals surface area contributed by atoms with Crippen LogP contribution in [0.4, 0.5) is 0 Å². The molecule has 0 heterocycles. The SMILES string of the molecule is COc1ccc(/C=C/C(=O)OCC(=O)C(C)(C)C)cc1S(=O)(=O)N(C)C. The van der Waals surface area contributed by atoms with Crippen molar-refractivity contribution in [1.29, 1.82) is 0 Å². The fourth-order valence-electron chi connectivity index (χ4n) is 1.76. The molecule has 0 aromatic heterocycles. The van der Waals surface area contributed by atoms with E-state index in [9.17, 15) is 18.0 Å². The molecule has 0 N–H and O–H groups in total. The van der Waals surface area contributed by atoms with E-state index in [1.807, 2.05) is 0 Å². The normalized spacial score (nSPS) is 12.4. The van der Waals surface area contributed by atoms with Crippen molar-refractivity contribution in [3.63, 3.8) is 0 Å². The van der Waals surface area contributed by atoms with Crippen LogP contribution >= 0.6 is 0 Å². The van der Waals surface area contributed by atoms with Crippen molar-refractivity contribution >= 4 is 27.9 Å². The second-order valence-corrected chi connectivity index (χ2v) is 8.93. The summed E-state index contributed by atoms with van der Waals surface area (Å²) in [4.78, 5) is 23.5. The zero-order chi connectivity index (χ0) is 20.1. The van der Waals surface area contributed by atoms with Crippen molar-refractivity contribution in [3.8, 4) is 5.75 Å². The minimum atomic E-state index is -3.70. The number of ether oxygens (including phenoxy) is 2. The van der Waals surface area contributed by atoms with Gasteiger partial charge in [-0.25, -0.2) is 17.5 Å². The van der Waals surface area contributed by atoms with Gasteiger partial charge < -0.3 is 9.47 Å². The Morgan fingerprint density at radius 1 is 1.19 bits per heavy atom. The Balaban J connectivity index is 2.96. The number of nitrogens with zero attached hydrogens (tertiary/aromatic N) is 1. The van der Waals surface area contributed by atoms with Crippen LogP contribution in [0.5, 0.6) is 5.75 Å². The number of carbonyl (C=O) groups excluding carboxylic acids is 2. The van der Waals surface area contributed by atoms with Gasteiger partial charge in [0.2, 0.25) is 10.0 Å². The van der Waals surface area contributed by atoms with E-state index in [0.29, 0.717) is 5.56 Å². The molecule has 1 rings (SSSR count). The molecule has 0 atom stereocenters. The molecular weight excluding hydrogens is 358 g/mol. The molecule has 144 valence electrons. The van der Waals surface area contributed by atoms with Gasteiger partial charge in [-0.05, 0) is 23.8 Å². The molecule has 1 aromatic carbocycles. The van der Waals surface area contributed by atoms with E-state index in [1.54, 1.807) is 26.8 Å². The van der Waals surface area contributed by atoms with Crippen LogP contribution in [0.3, 0.4) is 0 Å². The fourth-order valence-corrected chi connectivity index (χ4v) is 2.84. The summed E-state index contributed by atoms with van der Waals surface area (Å²) in [7, 11) is 0.508. The molecule has 1 aromatic rings. The van der Waals surface area contributed by atoms with Gasteiger partial charge in [0, 0.05) is 25.6 Å². The maximum Gasteiger partial charge on any atom is 0.331 e. The van der Waals surface area contributed by atoms with Crippen LogP contribution in [0.2, 0.25) is 0 Å². The lowest BCUT2D eigenvalue weighted by Crippen LogP contribution is -2.25. The first kappa shape index (κ1) is 21.9. The predicted molar refractivity (Wildman–Crippen MR) is 98.3 cm³/mol. The topological polar surface area (TPSA) is 90.0 Å². The highest BCUT2D eigenvalue weighted by Crippen LogP contribution is 2.27. The Kier molecular flexibility index (Phi) is 7.11. The lowest BCUT2D eigenvalue weighted by molar-refractivity contribution is -0.145. The van der Waals surface area contributed by atoms with Crippen molar-refractivity contribution in [2.24, 2.45) is 5.41 Å². The predicted octanol–water partition coefficient (Wildman–Crippen LogP) is 2.12. The van der Waals surface area contributed by atoms with E-state index in [1.165, 1.54) is 39.4 Å². The van der Waals surface area contributed by atoms with Crippen LogP contribution in [-0.4, -0.2) is 52.3 Å². The van der Waals surface area contributed by atoms with Crippen LogP contribution in [0.15, 0.2) is 29.2 Å². The first-order valence-electron chi connectivity index (χ1n) is 7.88. The summed E-state index contributed by atoms with van der Waals surface area (Å²) >= 11 is 0. The molecule has 0 unspecified atom stereocenters. The van der Waals surface area contributed by atoms with Crippen LogP contribution in [0, 0.1) is 5.41 Å². The molecule has 0 fully saturated rings. The summed E-state index contributed by atoms with van der Waals surface area (Å²) in [5, 5.41) is 0. The Hall–Kier alpha value is -2.19. The standard InChI is InChI=1S/C18H25NO6S/c1-18(2,3)16(20)12-25-17(21)10-8-13-7-9-14(24-6)15(11-13)26(22,23)19(4)5/h7-11H,12H2,1-6H3/b10-8+. The molecule has 7 nitrogen and oxygen atoms in total. The van der Waals surface area contributed by atoms with E-state index in [0.717, 1.165) is 10.4 Å². The molecule has 0 aliphatic carbocycles. The monoisotopic (exact) mass is 383 g/mol. The highest BCUT2D eigenvalue weighted by Gasteiger charge is 2.23. The van der Waals surface area contributed by atoms with E-state index >= 15 is 0 Å². The van der Waals surface area contributed by atoms with E-state index < -0.39 is 21.4 Å². The van der Waals surface area contributed by atoms with Gasteiger partial charge in [0.1, 0.15) is 10.6 Å². The number of Topliss-reactive ketones (excluding diaryl/α,β-unsaturated/α-hetero) is 1. The van der Waals surface area contributed by atoms with E-state index in [-0.39, 0.29) is 23.0 Å². The number of methoxy groups -OCH3 is 1. The smallest absolute Gasteiger partial charge is 0.331 e. The van der Waals surface area contributed by atoms with Crippen molar-refractivity contribution in [2.75, 3.05) is 27.8 Å². The van der Waals surface area contributed by atoms with Gasteiger partial charge in [-0.3, -0.25) is 4.79 Å². The van der Waals surface area contributed by atoms with Gasteiger partial charge in [0.05, 0.1) is 7.11 Å². The zero-order valence-corrected chi connectivity index (χ0v) is 16.7. The number of rotatable bonds is 7. The molecule has 0 aliphatic rings. The van der Waals surface area contributed by atoms with Crippen LogP contribution < -0.4 is 4.74 Å². The summed E-state index contributed by atoms with van der Waals surface area (Å²) in [6, 6.07) is 4.51. The van der Waals surface area contributed by atoms with E-state index in [2.05, 4.69) is 0 Å². The van der Waals surface area contributed by atoms with Crippen molar-refractivity contribution < 1.29 is 27.5 Å². The molecule has 0 amide bonds. The summed E-state index contributed by atoms with van der Waals surface area (Å²) in [6.45, 7) is 4.91. The van der Waals surface area contributed by atoms with Gasteiger partial charge in [0.15, 0.2) is 12.4 Å². The Bertz CT molecular complexity index is 803. The third kappa shape index (κ3) is 5.67. The number of hydrogen-bond acceptors (Lipinski definition) is 6. The van der Waals surface area contributed by atoms with Gasteiger partial charge in [-0.1, -0.05) is 26.8 Å². The average molecular weight is 383 g/mol. The van der Waals surface area contributed by atoms with Gasteiger partial charge in [0.25, 0.3) is 0 Å². The Labute approximate surface area is 154 Å².